The molecule has 0 heterocycles. The lowest BCUT2D eigenvalue weighted by Gasteiger charge is -2.27. The van der Waals surface area contributed by atoms with Crippen molar-refractivity contribution in [3.8, 4) is 0 Å². The fourth-order valence-corrected chi connectivity index (χ4v) is 2.01. The van der Waals surface area contributed by atoms with E-state index >= 15 is 0 Å². The van der Waals surface area contributed by atoms with Crippen molar-refractivity contribution in [2.75, 3.05) is 31.1 Å². The summed E-state index contributed by atoms with van der Waals surface area (Å²) in [5, 5.41) is 8.82. The number of anilines is 1. The molecule has 0 spiro atoms. The maximum Gasteiger partial charge on any atom is 0.305 e. The van der Waals surface area contributed by atoms with Crippen LogP contribution in [-0.4, -0.2) is 48.1 Å². The Morgan fingerprint density at radius 3 is 2.20 bits per heavy atom. The van der Waals surface area contributed by atoms with Crippen LogP contribution in [0.2, 0.25) is 0 Å². The van der Waals surface area contributed by atoms with E-state index in [9.17, 15) is 9.59 Å². The van der Waals surface area contributed by atoms with Gasteiger partial charge in [-0.05, 0) is 26.0 Å². The quantitative estimate of drug-likeness (QED) is 0.788. The maximum absolute atomic E-state index is 12.2. The van der Waals surface area contributed by atoms with Crippen LogP contribution >= 0.6 is 0 Å². The molecule has 20 heavy (non-hydrogen) atoms. The number of amides is 1. The number of benzene rings is 1. The first-order chi connectivity index (χ1) is 9.58. The second-order valence-corrected chi connectivity index (χ2v) is 4.47. The Morgan fingerprint density at radius 1 is 1.10 bits per heavy atom. The van der Waals surface area contributed by atoms with Crippen LogP contribution in [0.15, 0.2) is 30.3 Å². The molecule has 0 fully saturated rings. The van der Waals surface area contributed by atoms with Gasteiger partial charge in [0.05, 0.1) is 13.0 Å². The van der Waals surface area contributed by atoms with Crippen molar-refractivity contribution in [3.05, 3.63) is 30.3 Å². The number of hydrogen-bond acceptors (Lipinski definition) is 3. The summed E-state index contributed by atoms with van der Waals surface area (Å²) in [4.78, 5) is 26.5. The summed E-state index contributed by atoms with van der Waals surface area (Å²) >= 11 is 0. The van der Waals surface area contributed by atoms with Gasteiger partial charge in [-0.2, -0.15) is 0 Å². The van der Waals surface area contributed by atoms with Gasteiger partial charge in [-0.1, -0.05) is 18.2 Å². The van der Waals surface area contributed by atoms with Gasteiger partial charge in [0.25, 0.3) is 0 Å². The van der Waals surface area contributed by atoms with Gasteiger partial charge in [-0.25, -0.2) is 0 Å². The largest absolute Gasteiger partial charge is 0.481 e. The Hall–Kier alpha value is -2.04. The predicted molar refractivity (Wildman–Crippen MR) is 78.8 cm³/mol. The van der Waals surface area contributed by atoms with Crippen molar-refractivity contribution < 1.29 is 14.7 Å². The minimum absolute atomic E-state index is 0.0143. The van der Waals surface area contributed by atoms with Gasteiger partial charge in [0.2, 0.25) is 5.91 Å². The molecule has 0 aromatic heterocycles. The summed E-state index contributed by atoms with van der Waals surface area (Å²) in [6.07, 6.45) is 0.0143. The highest BCUT2D eigenvalue weighted by Crippen LogP contribution is 2.14. The number of hydrogen-bond donors (Lipinski definition) is 1. The van der Waals surface area contributed by atoms with Crippen molar-refractivity contribution in [2.24, 2.45) is 0 Å². The average Bonchev–Trinajstić information content (AvgIpc) is 2.45. The first-order valence-corrected chi connectivity index (χ1v) is 6.88. The van der Waals surface area contributed by atoms with Crippen molar-refractivity contribution in [2.45, 2.75) is 20.3 Å². The fraction of sp³-hybridized carbons (Fsp3) is 0.467. The molecule has 0 bridgehead atoms. The predicted octanol–water partition coefficient (Wildman–Crippen LogP) is 1.84. The molecule has 0 atom stereocenters. The van der Waals surface area contributed by atoms with Crippen LogP contribution in [0.1, 0.15) is 20.3 Å². The highest BCUT2D eigenvalue weighted by atomic mass is 16.4. The number of para-hydroxylation sites is 1. The second-order valence-electron chi connectivity index (χ2n) is 4.47. The number of carbonyl (C=O) groups is 2. The molecule has 1 amide bonds. The van der Waals surface area contributed by atoms with E-state index in [1.165, 1.54) is 0 Å². The molecule has 1 aromatic carbocycles. The van der Waals surface area contributed by atoms with E-state index in [-0.39, 0.29) is 18.9 Å². The van der Waals surface area contributed by atoms with Gasteiger partial charge in [-0.15, -0.1) is 0 Å². The van der Waals surface area contributed by atoms with Gasteiger partial charge in [0.1, 0.15) is 0 Å². The monoisotopic (exact) mass is 278 g/mol. The van der Waals surface area contributed by atoms with E-state index in [1.807, 2.05) is 49.1 Å². The van der Waals surface area contributed by atoms with Gasteiger partial charge in [0.15, 0.2) is 0 Å². The van der Waals surface area contributed by atoms with Gasteiger partial charge >= 0.3 is 5.97 Å². The van der Waals surface area contributed by atoms with Crippen LogP contribution in [0.3, 0.4) is 0 Å². The van der Waals surface area contributed by atoms with Crippen LogP contribution in [0.25, 0.3) is 0 Å². The van der Waals surface area contributed by atoms with Gasteiger partial charge < -0.3 is 14.9 Å². The Kier molecular flexibility index (Phi) is 6.56. The van der Waals surface area contributed by atoms with E-state index in [0.29, 0.717) is 19.6 Å². The molecule has 5 heteroatoms. The lowest BCUT2D eigenvalue weighted by atomic mass is 10.2. The number of nitrogens with zero attached hydrogens (tertiary/aromatic N) is 2. The minimum Gasteiger partial charge on any atom is -0.481 e. The molecular weight excluding hydrogens is 256 g/mol. The lowest BCUT2D eigenvalue weighted by Crippen LogP contribution is -2.41. The molecular formula is C15H22N2O3. The van der Waals surface area contributed by atoms with Crippen molar-refractivity contribution in [1.29, 1.82) is 0 Å². The van der Waals surface area contributed by atoms with Crippen LogP contribution in [0.4, 0.5) is 5.69 Å². The summed E-state index contributed by atoms with van der Waals surface area (Å²) in [6, 6.07) is 9.43. The summed E-state index contributed by atoms with van der Waals surface area (Å²) < 4.78 is 0. The number of carboxylic acid groups (broad SMARTS) is 1. The molecule has 0 aliphatic carbocycles. The zero-order valence-corrected chi connectivity index (χ0v) is 12.1. The first kappa shape index (κ1) is 16.0. The number of likely N-dealkylation sites (N-methyl/N-ethyl adjacent to an activating group) is 1. The van der Waals surface area contributed by atoms with Crippen LogP contribution in [0, 0.1) is 0 Å². The van der Waals surface area contributed by atoms with Crippen molar-refractivity contribution in [1.82, 2.24) is 4.90 Å². The molecule has 1 rings (SSSR count). The highest BCUT2D eigenvalue weighted by molar-refractivity contribution is 5.81. The van der Waals surface area contributed by atoms with Gasteiger partial charge in [0, 0.05) is 25.3 Å². The Morgan fingerprint density at radius 2 is 1.70 bits per heavy atom. The SMILES string of the molecule is CCN(CC)C(=O)CN(CCC(=O)O)c1ccccc1. The van der Waals surface area contributed by atoms with Crippen LogP contribution in [0.5, 0.6) is 0 Å². The lowest BCUT2D eigenvalue weighted by molar-refractivity contribution is -0.137. The van der Waals surface area contributed by atoms with E-state index < -0.39 is 5.97 Å². The highest BCUT2D eigenvalue weighted by Gasteiger charge is 2.16. The van der Waals surface area contributed by atoms with Crippen molar-refractivity contribution >= 4 is 17.6 Å². The third-order valence-electron chi connectivity index (χ3n) is 3.16. The Labute approximate surface area is 119 Å². The third kappa shape index (κ3) is 4.91. The van der Waals surface area contributed by atoms with E-state index in [4.69, 9.17) is 5.11 Å². The molecule has 110 valence electrons. The minimum atomic E-state index is -0.860. The third-order valence-corrected chi connectivity index (χ3v) is 3.16. The first-order valence-electron chi connectivity index (χ1n) is 6.88. The number of carbonyl (C=O) groups excluding carboxylic acids is 1. The summed E-state index contributed by atoms with van der Waals surface area (Å²) in [5.74, 6) is -0.842. The number of rotatable bonds is 8. The van der Waals surface area contributed by atoms with E-state index in [2.05, 4.69) is 0 Å². The molecule has 0 aliphatic rings. The standard InChI is InChI=1S/C15H22N2O3/c1-3-16(4-2)14(18)12-17(11-10-15(19)20)13-8-6-5-7-9-13/h5-9H,3-4,10-12H2,1-2H3,(H,19,20). The molecule has 1 aromatic rings. The molecule has 0 unspecified atom stereocenters. The maximum atomic E-state index is 12.2. The number of aliphatic carboxylic acids is 1. The molecule has 5 nitrogen and oxygen atoms in total. The topological polar surface area (TPSA) is 60.9 Å². The number of carboxylic acids is 1. The van der Waals surface area contributed by atoms with E-state index in [0.717, 1.165) is 5.69 Å². The van der Waals surface area contributed by atoms with Crippen LogP contribution < -0.4 is 4.90 Å². The van der Waals surface area contributed by atoms with Gasteiger partial charge in [-0.3, -0.25) is 9.59 Å². The Balaban J connectivity index is 2.77. The second kappa shape index (κ2) is 8.19. The van der Waals surface area contributed by atoms with Crippen LogP contribution in [-0.2, 0) is 9.59 Å². The molecule has 0 saturated heterocycles. The molecule has 0 aliphatic heterocycles. The van der Waals surface area contributed by atoms with Crippen molar-refractivity contribution in [3.63, 3.8) is 0 Å². The Bertz CT molecular complexity index is 430. The van der Waals surface area contributed by atoms with E-state index in [1.54, 1.807) is 4.90 Å². The molecule has 0 saturated carbocycles. The average molecular weight is 278 g/mol. The summed E-state index contributed by atoms with van der Waals surface area (Å²) in [6.45, 7) is 5.73. The molecule has 0 radical (unpaired) electrons. The zero-order chi connectivity index (χ0) is 15.0. The molecule has 1 N–H and O–H groups in total. The fourth-order valence-electron chi connectivity index (χ4n) is 2.01. The summed E-state index contributed by atoms with van der Waals surface area (Å²) in [5.41, 5.74) is 0.870. The normalized spacial score (nSPS) is 10.1. The smallest absolute Gasteiger partial charge is 0.305 e. The summed E-state index contributed by atoms with van der Waals surface area (Å²) in [7, 11) is 0. The zero-order valence-electron chi connectivity index (χ0n) is 12.1.